The van der Waals surface area contributed by atoms with Crippen LogP contribution in [-0.4, -0.2) is 17.3 Å². The fourth-order valence-electron chi connectivity index (χ4n) is 1.70. The van der Waals surface area contributed by atoms with Crippen LogP contribution in [0.1, 0.15) is 19.3 Å². The highest BCUT2D eigenvalue weighted by Crippen LogP contribution is 2.36. The van der Waals surface area contributed by atoms with Gasteiger partial charge in [0, 0.05) is 5.25 Å². The topological polar surface area (TPSA) is 26.3 Å². The Morgan fingerprint density at radius 2 is 2.30 bits per heavy atom. The Balaban J connectivity index is 2.15. The van der Waals surface area contributed by atoms with Gasteiger partial charge >= 0.3 is 5.97 Å². The highest BCUT2D eigenvalue weighted by molar-refractivity contribution is 7.81. The molecule has 3 heteroatoms. The van der Waals surface area contributed by atoms with Gasteiger partial charge in [-0.1, -0.05) is 0 Å². The summed E-state index contributed by atoms with van der Waals surface area (Å²) in [5, 5.41) is 0.294. The second-order valence-corrected chi connectivity index (χ2v) is 3.72. The van der Waals surface area contributed by atoms with E-state index in [4.69, 9.17) is 4.74 Å². The van der Waals surface area contributed by atoms with Gasteiger partial charge in [-0.15, -0.1) is 0 Å². The van der Waals surface area contributed by atoms with E-state index in [1.54, 1.807) is 0 Å². The minimum atomic E-state index is 0.00144. The van der Waals surface area contributed by atoms with Gasteiger partial charge in [-0.05, 0) is 19.3 Å². The summed E-state index contributed by atoms with van der Waals surface area (Å²) in [6, 6.07) is 0. The smallest absolute Gasteiger partial charge is 0.309 e. The Morgan fingerprint density at radius 1 is 1.50 bits per heavy atom. The standard InChI is InChI=1S/C7H10O2S/c8-7-4-1-2-6(10)5(3-4)9-7/h4-6,10H,1-3H2/t4-,5-,6-/m1/s1. The van der Waals surface area contributed by atoms with Gasteiger partial charge in [-0.3, -0.25) is 4.79 Å². The SMILES string of the molecule is O=C1O[C@@H]2C[C@H]1CC[C@H]2S. The Kier molecular flexibility index (Phi) is 1.41. The maximum Gasteiger partial charge on any atom is 0.309 e. The van der Waals surface area contributed by atoms with Crippen LogP contribution in [0.4, 0.5) is 0 Å². The fourth-order valence-corrected chi connectivity index (χ4v) is 2.03. The molecule has 1 heterocycles. The van der Waals surface area contributed by atoms with Gasteiger partial charge in [0.05, 0.1) is 5.92 Å². The predicted octanol–water partition coefficient (Wildman–Crippen LogP) is 1.01. The summed E-state index contributed by atoms with van der Waals surface area (Å²) in [7, 11) is 0. The summed E-state index contributed by atoms with van der Waals surface area (Å²) in [6.45, 7) is 0. The Hall–Kier alpha value is -0.180. The van der Waals surface area contributed by atoms with Gasteiger partial charge in [-0.25, -0.2) is 0 Å². The van der Waals surface area contributed by atoms with Gasteiger partial charge in [0.1, 0.15) is 6.10 Å². The zero-order valence-electron chi connectivity index (χ0n) is 5.62. The molecule has 2 aliphatic rings. The quantitative estimate of drug-likeness (QED) is 0.420. The van der Waals surface area contributed by atoms with Crippen molar-refractivity contribution < 1.29 is 9.53 Å². The number of hydrogen-bond donors (Lipinski definition) is 1. The minimum Gasteiger partial charge on any atom is -0.461 e. The van der Waals surface area contributed by atoms with Crippen LogP contribution in [0, 0.1) is 5.92 Å². The first-order valence-corrected chi connectivity index (χ1v) is 4.17. The van der Waals surface area contributed by atoms with E-state index >= 15 is 0 Å². The molecule has 1 aliphatic heterocycles. The second kappa shape index (κ2) is 2.16. The van der Waals surface area contributed by atoms with Crippen LogP contribution in [0.5, 0.6) is 0 Å². The number of thiol groups is 1. The van der Waals surface area contributed by atoms with Gasteiger partial charge in [0.15, 0.2) is 0 Å². The van der Waals surface area contributed by atoms with Gasteiger partial charge < -0.3 is 4.74 Å². The first-order valence-electron chi connectivity index (χ1n) is 3.66. The average Bonchev–Trinajstić information content (AvgIpc) is 2.21. The molecule has 0 aromatic carbocycles. The van der Waals surface area contributed by atoms with Crippen molar-refractivity contribution in [3.63, 3.8) is 0 Å². The molecule has 10 heavy (non-hydrogen) atoms. The van der Waals surface area contributed by atoms with Crippen LogP contribution in [-0.2, 0) is 9.53 Å². The number of carbonyl (C=O) groups is 1. The summed E-state index contributed by atoms with van der Waals surface area (Å²) in [6.07, 6.45) is 3.04. The molecule has 0 radical (unpaired) electrons. The van der Waals surface area contributed by atoms with Crippen molar-refractivity contribution in [2.45, 2.75) is 30.6 Å². The summed E-state index contributed by atoms with van der Waals surface area (Å²) in [5.74, 6) is 0.204. The van der Waals surface area contributed by atoms with E-state index in [1.807, 2.05) is 0 Å². The lowest BCUT2D eigenvalue weighted by Crippen LogP contribution is -2.23. The lowest BCUT2D eigenvalue weighted by atomic mass is 9.90. The molecule has 0 aromatic rings. The van der Waals surface area contributed by atoms with Crippen LogP contribution >= 0.6 is 12.6 Å². The van der Waals surface area contributed by atoms with E-state index in [-0.39, 0.29) is 18.0 Å². The molecular formula is C7H10O2S. The number of rotatable bonds is 0. The van der Waals surface area contributed by atoms with Gasteiger partial charge in [-0.2, -0.15) is 12.6 Å². The lowest BCUT2D eigenvalue weighted by molar-refractivity contribution is -0.143. The first kappa shape index (κ1) is 6.53. The minimum absolute atomic E-state index is 0.00144. The third-order valence-electron chi connectivity index (χ3n) is 2.36. The molecule has 3 atom stereocenters. The van der Waals surface area contributed by atoms with Crippen LogP contribution in [0.15, 0.2) is 0 Å². The van der Waals surface area contributed by atoms with Gasteiger partial charge in [0.2, 0.25) is 0 Å². The number of carbonyl (C=O) groups excluding carboxylic acids is 1. The lowest BCUT2D eigenvalue weighted by Gasteiger charge is -2.20. The normalized spacial score (nSPS) is 45.3. The van der Waals surface area contributed by atoms with Crippen LogP contribution in [0.2, 0.25) is 0 Å². The summed E-state index contributed by atoms with van der Waals surface area (Å²) in [5.41, 5.74) is 0. The van der Waals surface area contributed by atoms with Crippen molar-refractivity contribution in [3.8, 4) is 0 Å². The molecule has 2 fully saturated rings. The molecule has 0 unspecified atom stereocenters. The monoisotopic (exact) mass is 158 g/mol. The third kappa shape index (κ3) is 0.839. The van der Waals surface area contributed by atoms with E-state index in [9.17, 15) is 4.79 Å². The molecule has 1 aliphatic carbocycles. The molecule has 0 amide bonds. The van der Waals surface area contributed by atoms with E-state index < -0.39 is 0 Å². The van der Waals surface area contributed by atoms with Crippen molar-refractivity contribution in [2.75, 3.05) is 0 Å². The number of ether oxygens (including phenoxy) is 1. The predicted molar refractivity (Wildman–Crippen MR) is 40.0 cm³/mol. The van der Waals surface area contributed by atoms with Crippen molar-refractivity contribution >= 4 is 18.6 Å². The van der Waals surface area contributed by atoms with E-state index in [0.717, 1.165) is 19.3 Å². The number of hydrogen-bond acceptors (Lipinski definition) is 3. The summed E-state index contributed by atoms with van der Waals surface area (Å²) >= 11 is 4.33. The molecule has 2 rings (SSSR count). The Morgan fingerprint density at radius 3 is 3.00 bits per heavy atom. The Bertz CT molecular complexity index is 169. The molecule has 0 spiro atoms. The average molecular weight is 158 g/mol. The van der Waals surface area contributed by atoms with Crippen molar-refractivity contribution in [1.82, 2.24) is 0 Å². The van der Waals surface area contributed by atoms with Crippen molar-refractivity contribution in [1.29, 1.82) is 0 Å². The molecule has 0 aromatic heterocycles. The Labute approximate surface area is 65.3 Å². The largest absolute Gasteiger partial charge is 0.461 e. The third-order valence-corrected chi connectivity index (χ3v) is 2.95. The molecule has 0 N–H and O–H groups in total. The van der Waals surface area contributed by atoms with E-state index in [1.165, 1.54) is 0 Å². The van der Waals surface area contributed by atoms with E-state index in [0.29, 0.717) is 5.25 Å². The highest BCUT2D eigenvalue weighted by atomic mass is 32.1. The summed E-state index contributed by atoms with van der Waals surface area (Å²) < 4.78 is 5.08. The first-order chi connectivity index (χ1) is 4.77. The molecule has 1 saturated carbocycles. The molecule has 56 valence electrons. The number of fused-ring (bicyclic) bond motifs is 2. The number of esters is 1. The van der Waals surface area contributed by atoms with Crippen LogP contribution in [0.3, 0.4) is 0 Å². The molecule has 2 nitrogen and oxygen atoms in total. The fraction of sp³-hybridized carbons (Fsp3) is 0.857. The summed E-state index contributed by atoms with van der Waals surface area (Å²) in [4.78, 5) is 10.9. The molecular weight excluding hydrogens is 148 g/mol. The van der Waals surface area contributed by atoms with Crippen molar-refractivity contribution in [2.24, 2.45) is 5.92 Å². The molecule has 1 saturated heterocycles. The molecule has 2 bridgehead atoms. The van der Waals surface area contributed by atoms with Crippen molar-refractivity contribution in [3.05, 3.63) is 0 Å². The highest BCUT2D eigenvalue weighted by Gasteiger charge is 2.41. The second-order valence-electron chi connectivity index (χ2n) is 3.05. The van der Waals surface area contributed by atoms with E-state index in [2.05, 4.69) is 12.6 Å². The zero-order chi connectivity index (χ0) is 7.14. The van der Waals surface area contributed by atoms with Gasteiger partial charge in [0.25, 0.3) is 0 Å². The zero-order valence-corrected chi connectivity index (χ0v) is 6.51. The van der Waals surface area contributed by atoms with Crippen LogP contribution in [0.25, 0.3) is 0 Å². The van der Waals surface area contributed by atoms with Crippen LogP contribution < -0.4 is 0 Å². The maximum absolute atomic E-state index is 10.9. The maximum atomic E-state index is 10.9.